The van der Waals surface area contributed by atoms with E-state index in [0.717, 1.165) is 156 Å². The van der Waals surface area contributed by atoms with Crippen molar-refractivity contribution in [2.45, 2.75) is 0 Å². The standard InChI is InChI=1S/2C55H37N5/c1-6-17-38(18-7-1)47-34-48(39-19-8-2-9-20-39)36-49(35-47)55-56-50(41-21-10-3-11-22-41)37-51(57-55)46-28-16-27-45(33-46)40-29-31-44(32-30-40)54-59-52(42-23-12-4-13-24-42)58-53(60-54)43-25-14-5-15-26-43;1-6-17-39(18-7-1)48-34-33-47(36-49(48)40-19-8-2-9-20-40)55-59-53(43-25-14-5-15-26-43)58-54(60-55)44-31-29-38(30-32-44)45-27-16-28-46(35-45)51-37-50(41-21-10-3-11-22-41)56-52(57-51)42-23-12-4-13-24-42/h2*1-37H. The van der Waals surface area contributed by atoms with Crippen LogP contribution in [0.4, 0.5) is 0 Å². The van der Waals surface area contributed by atoms with Gasteiger partial charge in [-0.25, -0.2) is 49.8 Å². The highest BCUT2D eigenvalue weighted by Gasteiger charge is 2.21. The van der Waals surface area contributed by atoms with E-state index >= 15 is 0 Å². The molecule has 0 unspecified atom stereocenters. The molecule has 4 heterocycles. The number of hydrogen-bond donors (Lipinski definition) is 0. The van der Waals surface area contributed by atoms with Gasteiger partial charge in [0.2, 0.25) is 0 Å². The highest BCUT2D eigenvalue weighted by Crippen LogP contribution is 2.40. The Labute approximate surface area is 697 Å². The van der Waals surface area contributed by atoms with E-state index in [1.165, 1.54) is 0 Å². The molecule has 20 aromatic rings. The van der Waals surface area contributed by atoms with Gasteiger partial charge in [-0.2, -0.15) is 0 Å². The van der Waals surface area contributed by atoms with Gasteiger partial charge in [0, 0.05) is 66.8 Å². The lowest BCUT2D eigenvalue weighted by atomic mass is 9.92. The first-order chi connectivity index (χ1) is 59.4. The van der Waals surface area contributed by atoms with Crippen LogP contribution < -0.4 is 0 Å². The van der Waals surface area contributed by atoms with Crippen LogP contribution >= 0.6 is 0 Å². The first kappa shape index (κ1) is 73.8. The molecule has 0 aliphatic carbocycles. The van der Waals surface area contributed by atoms with Gasteiger partial charge in [-0.15, -0.1) is 0 Å². The van der Waals surface area contributed by atoms with Crippen molar-refractivity contribution in [3.8, 4) is 203 Å². The summed E-state index contributed by atoms with van der Waals surface area (Å²) in [5.41, 5.74) is 28.3. The summed E-state index contributed by atoms with van der Waals surface area (Å²) in [6, 6.07) is 154. The second-order valence-electron chi connectivity index (χ2n) is 29.1. The Morgan fingerprint density at radius 3 is 0.625 bits per heavy atom. The summed E-state index contributed by atoms with van der Waals surface area (Å²) in [6.07, 6.45) is 0. The molecule has 10 heteroatoms. The van der Waals surface area contributed by atoms with Gasteiger partial charge < -0.3 is 0 Å². The van der Waals surface area contributed by atoms with Crippen LogP contribution in [0, 0.1) is 0 Å². The average Bonchev–Trinajstić information content (AvgIpc) is 0.631. The highest BCUT2D eigenvalue weighted by molar-refractivity contribution is 5.88. The molecule has 0 atom stereocenters. The maximum atomic E-state index is 5.29. The molecule has 0 saturated heterocycles. The van der Waals surface area contributed by atoms with E-state index in [4.69, 9.17) is 49.8 Å². The predicted molar refractivity (Wildman–Crippen MR) is 489 cm³/mol. The number of aromatic nitrogens is 10. The zero-order valence-electron chi connectivity index (χ0n) is 65.2. The molecule has 0 fully saturated rings. The van der Waals surface area contributed by atoms with Crippen molar-refractivity contribution in [2.24, 2.45) is 0 Å². The van der Waals surface area contributed by atoms with Crippen LogP contribution in [0.1, 0.15) is 0 Å². The summed E-state index contributed by atoms with van der Waals surface area (Å²) < 4.78 is 0. The Balaban J connectivity index is 0.000000159. The van der Waals surface area contributed by atoms with Crippen molar-refractivity contribution in [3.05, 3.63) is 449 Å². The molecular formula is C110H74N10. The third-order valence-corrected chi connectivity index (χ3v) is 21.1. The highest BCUT2D eigenvalue weighted by atomic mass is 15.0. The van der Waals surface area contributed by atoms with Crippen molar-refractivity contribution in [3.63, 3.8) is 0 Å². The first-order valence-corrected chi connectivity index (χ1v) is 40.0. The maximum absolute atomic E-state index is 5.29. The lowest BCUT2D eigenvalue weighted by Crippen LogP contribution is -2.00. The fraction of sp³-hybridized carbons (Fsp3) is 0. The molecule has 10 nitrogen and oxygen atoms in total. The minimum atomic E-state index is 0.607. The minimum Gasteiger partial charge on any atom is -0.228 e. The summed E-state index contributed by atoms with van der Waals surface area (Å²) in [7, 11) is 0. The Morgan fingerprint density at radius 1 is 0.0917 bits per heavy atom. The molecule has 0 bridgehead atoms. The van der Waals surface area contributed by atoms with Gasteiger partial charge in [-0.05, 0) is 115 Å². The molecule has 20 rings (SSSR count). The van der Waals surface area contributed by atoms with E-state index in [0.29, 0.717) is 46.6 Å². The van der Waals surface area contributed by atoms with Crippen LogP contribution in [0.5, 0.6) is 0 Å². The van der Waals surface area contributed by atoms with E-state index in [1.807, 2.05) is 182 Å². The maximum Gasteiger partial charge on any atom is 0.164 e. The molecule has 4 aromatic heterocycles. The van der Waals surface area contributed by atoms with Gasteiger partial charge >= 0.3 is 0 Å². The van der Waals surface area contributed by atoms with Crippen LogP contribution in [-0.2, 0) is 0 Å². The summed E-state index contributed by atoms with van der Waals surface area (Å²) in [5, 5.41) is 0. The Kier molecular flexibility index (Phi) is 21.2. The molecule has 0 radical (unpaired) electrons. The largest absolute Gasteiger partial charge is 0.228 e. The molecular weight excluding hydrogens is 1460 g/mol. The van der Waals surface area contributed by atoms with Crippen molar-refractivity contribution in [1.82, 2.24) is 49.8 Å². The Morgan fingerprint density at radius 2 is 0.292 bits per heavy atom. The van der Waals surface area contributed by atoms with Crippen LogP contribution in [0.3, 0.4) is 0 Å². The number of hydrogen-bond acceptors (Lipinski definition) is 10. The van der Waals surface area contributed by atoms with Gasteiger partial charge in [0.05, 0.1) is 22.8 Å². The summed E-state index contributed by atoms with van der Waals surface area (Å²) >= 11 is 0. The zero-order chi connectivity index (χ0) is 80.2. The van der Waals surface area contributed by atoms with E-state index < -0.39 is 0 Å². The quantitative estimate of drug-likeness (QED) is 0.0819. The van der Waals surface area contributed by atoms with Crippen LogP contribution in [0.2, 0.25) is 0 Å². The Bertz CT molecular complexity index is 6760. The molecule has 0 spiro atoms. The van der Waals surface area contributed by atoms with Crippen LogP contribution in [-0.4, -0.2) is 49.8 Å². The minimum absolute atomic E-state index is 0.607. The van der Waals surface area contributed by atoms with E-state index in [-0.39, 0.29) is 0 Å². The number of nitrogens with zero attached hydrogens (tertiary/aromatic N) is 10. The van der Waals surface area contributed by atoms with Crippen molar-refractivity contribution in [2.75, 3.05) is 0 Å². The van der Waals surface area contributed by atoms with Crippen molar-refractivity contribution >= 4 is 0 Å². The second kappa shape index (κ2) is 34.4. The van der Waals surface area contributed by atoms with Gasteiger partial charge in [0.15, 0.2) is 46.6 Å². The third-order valence-electron chi connectivity index (χ3n) is 21.1. The van der Waals surface area contributed by atoms with Crippen molar-refractivity contribution < 1.29 is 0 Å². The topological polar surface area (TPSA) is 129 Å². The summed E-state index contributed by atoms with van der Waals surface area (Å²) in [6.45, 7) is 0. The number of benzene rings is 16. The second-order valence-corrected chi connectivity index (χ2v) is 29.1. The molecule has 0 aliphatic heterocycles. The molecule has 0 N–H and O–H groups in total. The molecule has 16 aromatic carbocycles. The van der Waals surface area contributed by atoms with Gasteiger partial charge in [-0.3, -0.25) is 0 Å². The number of rotatable bonds is 18. The van der Waals surface area contributed by atoms with Gasteiger partial charge in [0.25, 0.3) is 0 Å². The fourth-order valence-electron chi connectivity index (χ4n) is 14.9. The van der Waals surface area contributed by atoms with Crippen LogP contribution in [0.25, 0.3) is 203 Å². The van der Waals surface area contributed by atoms with E-state index in [2.05, 4.69) is 267 Å². The molecule has 0 aliphatic rings. The molecule has 0 amide bonds. The monoisotopic (exact) mass is 1530 g/mol. The molecule has 120 heavy (non-hydrogen) atoms. The molecule has 0 saturated carbocycles. The summed E-state index contributed by atoms with van der Waals surface area (Å²) in [5.74, 6) is 5.09. The zero-order valence-corrected chi connectivity index (χ0v) is 65.2. The van der Waals surface area contributed by atoms with Crippen molar-refractivity contribution in [1.29, 1.82) is 0 Å². The third kappa shape index (κ3) is 16.7. The fourth-order valence-corrected chi connectivity index (χ4v) is 14.9. The normalized spacial score (nSPS) is 11.0. The van der Waals surface area contributed by atoms with Gasteiger partial charge in [0.1, 0.15) is 0 Å². The van der Waals surface area contributed by atoms with Crippen LogP contribution in [0.15, 0.2) is 449 Å². The van der Waals surface area contributed by atoms with E-state index in [9.17, 15) is 0 Å². The smallest absolute Gasteiger partial charge is 0.164 e. The SMILES string of the molecule is c1ccc(-c2cc(-c3cccc(-c4ccc(-c5nc(-c6ccccc6)nc(-c6ccc(-c7ccccc7)c(-c7ccccc7)c6)n5)cc4)c3)nc(-c3ccccc3)n2)cc1.c1ccc(-c2cc(-c3ccccc3)cc(-c3nc(-c4ccccc4)cc(-c4cccc(-c5ccc(-c6nc(-c7ccccc7)nc(-c7ccccc7)n6)cc5)c4)n3)c2)cc1. The summed E-state index contributed by atoms with van der Waals surface area (Å²) in [4.78, 5) is 50.5. The average molecular weight is 1540 g/mol. The first-order valence-electron chi connectivity index (χ1n) is 40.0. The lowest BCUT2D eigenvalue weighted by Gasteiger charge is -2.14. The van der Waals surface area contributed by atoms with E-state index in [1.54, 1.807) is 0 Å². The lowest BCUT2D eigenvalue weighted by molar-refractivity contribution is 1.07. The van der Waals surface area contributed by atoms with Gasteiger partial charge in [-0.1, -0.05) is 400 Å². The molecule has 564 valence electrons. The Hall–Kier alpha value is -16.3. The predicted octanol–water partition coefficient (Wildman–Crippen LogP) is 27.3.